The lowest BCUT2D eigenvalue weighted by molar-refractivity contribution is 0.313. The number of hydrogen-bond donors (Lipinski definition) is 1. The molecule has 3 heterocycles. The van der Waals surface area contributed by atoms with Crippen LogP contribution in [0.25, 0.3) is 11.0 Å². The van der Waals surface area contributed by atoms with Gasteiger partial charge in [-0.05, 0) is 43.3 Å². The van der Waals surface area contributed by atoms with Gasteiger partial charge in [0.2, 0.25) is 5.95 Å². The number of hydrogen-bond acceptors (Lipinski definition) is 6. The van der Waals surface area contributed by atoms with Crippen molar-refractivity contribution in [1.29, 1.82) is 0 Å². The van der Waals surface area contributed by atoms with Crippen LogP contribution in [-0.2, 0) is 6.54 Å². The summed E-state index contributed by atoms with van der Waals surface area (Å²) in [7, 11) is 2.16. The maximum Gasteiger partial charge on any atom is 0.252 e. The maximum absolute atomic E-state index is 12.3. The quantitative estimate of drug-likeness (QED) is 0.720. The highest BCUT2D eigenvalue weighted by molar-refractivity contribution is 5.75. The van der Waals surface area contributed by atoms with Crippen molar-refractivity contribution >= 4 is 28.4 Å². The summed E-state index contributed by atoms with van der Waals surface area (Å²) in [6.07, 6.45) is 1.76. The lowest BCUT2D eigenvalue weighted by Crippen LogP contribution is -2.44. The van der Waals surface area contributed by atoms with E-state index in [0.717, 1.165) is 37.3 Å². The molecule has 1 fully saturated rings. The largest absolute Gasteiger partial charge is 0.369 e. The van der Waals surface area contributed by atoms with Gasteiger partial charge in [0, 0.05) is 61.7 Å². The van der Waals surface area contributed by atoms with Crippen LogP contribution in [0.2, 0.25) is 0 Å². The second kappa shape index (κ2) is 8.21. The number of piperazine rings is 1. The van der Waals surface area contributed by atoms with Crippen LogP contribution in [0, 0.1) is 5.92 Å². The summed E-state index contributed by atoms with van der Waals surface area (Å²) in [6.45, 7) is 9.08. The van der Waals surface area contributed by atoms with Crippen molar-refractivity contribution in [1.82, 2.24) is 19.4 Å². The first kappa shape index (κ1) is 19.4. The minimum Gasteiger partial charge on any atom is -0.369 e. The lowest BCUT2D eigenvalue weighted by atomic mass is 10.2. The van der Waals surface area contributed by atoms with Gasteiger partial charge in [-0.25, -0.2) is 4.98 Å². The van der Waals surface area contributed by atoms with Gasteiger partial charge in [0.05, 0.1) is 0 Å². The zero-order valence-corrected chi connectivity index (χ0v) is 17.3. The first-order valence-electron chi connectivity index (χ1n) is 10.2. The number of nitrogens with one attached hydrogen (secondary N) is 1. The number of anilines is 3. The van der Waals surface area contributed by atoms with Gasteiger partial charge in [-0.3, -0.25) is 9.36 Å². The van der Waals surface area contributed by atoms with E-state index < -0.39 is 0 Å². The second-order valence-electron chi connectivity index (χ2n) is 8.11. The van der Waals surface area contributed by atoms with E-state index in [1.165, 1.54) is 5.69 Å². The molecule has 0 unspecified atom stereocenters. The van der Waals surface area contributed by atoms with Crippen LogP contribution < -0.4 is 15.8 Å². The molecule has 7 nitrogen and oxygen atoms in total. The van der Waals surface area contributed by atoms with E-state index in [-0.39, 0.29) is 5.56 Å². The second-order valence-corrected chi connectivity index (χ2v) is 8.11. The number of fused-ring (bicyclic) bond motifs is 1. The predicted octanol–water partition coefficient (Wildman–Crippen LogP) is 2.94. The minimum atomic E-state index is -0.0348. The Bertz CT molecular complexity index is 1040. The summed E-state index contributed by atoms with van der Waals surface area (Å²) in [4.78, 5) is 26.1. The fourth-order valence-corrected chi connectivity index (χ4v) is 3.62. The van der Waals surface area contributed by atoms with Crippen molar-refractivity contribution in [2.24, 2.45) is 5.92 Å². The van der Waals surface area contributed by atoms with E-state index in [9.17, 15) is 4.79 Å². The Morgan fingerprint density at radius 1 is 1.03 bits per heavy atom. The molecule has 2 aromatic heterocycles. The number of likely N-dealkylation sites (N-methyl/N-ethyl adjacent to an activating group) is 1. The SMILES string of the molecule is CC(C)Cn1c(=O)ccc2cnc(Nc3ccc(N4CCN(C)CC4)cc3)nc21. The Labute approximate surface area is 171 Å². The van der Waals surface area contributed by atoms with Crippen molar-refractivity contribution in [3.8, 4) is 0 Å². The molecular formula is C22H28N6O. The van der Waals surface area contributed by atoms with Crippen LogP contribution in [0.5, 0.6) is 0 Å². The van der Waals surface area contributed by atoms with E-state index >= 15 is 0 Å². The van der Waals surface area contributed by atoms with Crippen LogP contribution >= 0.6 is 0 Å². The van der Waals surface area contributed by atoms with Crippen LogP contribution in [-0.4, -0.2) is 52.7 Å². The highest BCUT2D eigenvalue weighted by atomic mass is 16.1. The van der Waals surface area contributed by atoms with E-state index in [1.54, 1.807) is 22.9 Å². The number of nitrogens with zero attached hydrogens (tertiary/aromatic N) is 5. The summed E-state index contributed by atoms with van der Waals surface area (Å²) in [5.41, 5.74) is 2.79. The van der Waals surface area contributed by atoms with Crippen molar-refractivity contribution in [3.63, 3.8) is 0 Å². The fraction of sp³-hybridized carbons (Fsp3) is 0.409. The average Bonchev–Trinajstić information content (AvgIpc) is 2.71. The molecule has 3 aromatic rings. The number of aromatic nitrogens is 3. The molecule has 0 spiro atoms. The van der Waals surface area contributed by atoms with Crippen molar-refractivity contribution in [2.75, 3.05) is 43.4 Å². The van der Waals surface area contributed by atoms with Gasteiger partial charge in [0.25, 0.3) is 5.56 Å². The molecule has 0 radical (unpaired) electrons. The number of rotatable bonds is 5. The molecule has 0 bridgehead atoms. The molecule has 1 aliphatic heterocycles. The third kappa shape index (κ3) is 4.40. The van der Waals surface area contributed by atoms with Gasteiger partial charge in [0.1, 0.15) is 5.65 Å². The Morgan fingerprint density at radius 2 is 1.76 bits per heavy atom. The number of benzene rings is 1. The van der Waals surface area contributed by atoms with Crippen LogP contribution in [0.3, 0.4) is 0 Å². The summed E-state index contributed by atoms with van der Waals surface area (Å²) in [5.74, 6) is 0.847. The molecule has 4 rings (SSSR count). The first-order chi connectivity index (χ1) is 14.0. The first-order valence-corrected chi connectivity index (χ1v) is 10.2. The molecule has 0 saturated carbocycles. The Kier molecular flexibility index (Phi) is 5.49. The van der Waals surface area contributed by atoms with E-state index in [2.05, 4.69) is 58.1 Å². The van der Waals surface area contributed by atoms with Crippen molar-refractivity contribution in [2.45, 2.75) is 20.4 Å². The molecule has 1 aromatic carbocycles. The molecule has 1 N–H and O–H groups in total. The Balaban J connectivity index is 1.55. The van der Waals surface area contributed by atoms with Gasteiger partial charge in [-0.1, -0.05) is 13.8 Å². The summed E-state index contributed by atoms with van der Waals surface area (Å²) in [6, 6.07) is 11.7. The molecule has 0 atom stereocenters. The van der Waals surface area contributed by atoms with Gasteiger partial charge in [0.15, 0.2) is 0 Å². The monoisotopic (exact) mass is 392 g/mol. The van der Waals surface area contributed by atoms with Gasteiger partial charge >= 0.3 is 0 Å². The summed E-state index contributed by atoms with van der Waals surface area (Å²) in [5, 5.41) is 4.13. The predicted molar refractivity (Wildman–Crippen MR) is 118 cm³/mol. The highest BCUT2D eigenvalue weighted by Crippen LogP contribution is 2.21. The zero-order chi connectivity index (χ0) is 20.4. The van der Waals surface area contributed by atoms with Gasteiger partial charge < -0.3 is 15.1 Å². The fourth-order valence-electron chi connectivity index (χ4n) is 3.62. The Hall–Kier alpha value is -2.93. The van der Waals surface area contributed by atoms with E-state index in [4.69, 9.17) is 0 Å². The third-order valence-corrected chi connectivity index (χ3v) is 5.26. The minimum absolute atomic E-state index is 0.0348. The topological polar surface area (TPSA) is 66.3 Å². The molecule has 0 aliphatic carbocycles. The van der Waals surface area contributed by atoms with Crippen molar-refractivity contribution < 1.29 is 0 Å². The van der Waals surface area contributed by atoms with Crippen LogP contribution in [0.1, 0.15) is 13.8 Å². The standard InChI is InChI=1S/C22H28N6O/c1-16(2)15-28-20(29)9-4-17-14-23-22(25-21(17)28)24-18-5-7-19(8-6-18)27-12-10-26(3)11-13-27/h4-9,14,16H,10-13,15H2,1-3H3,(H,23,24,25). The zero-order valence-electron chi connectivity index (χ0n) is 17.3. The van der Waals surface area contributed by atoms with Crippen LogP contribution in [0.15, 0.2) is 47.4 Å². The van der Waals surface area contributed by atoms with Gasteiger partial charge in [-0.15, -0.1) is 0 Å². The summed E-state index contributed by atoms with van der Waals surface area (Å²) >= 11 is 0. The molecule has 152 valence electrons. The molecule has 7 heteroatoms. The molecule has 0 amide bonds. The Morgan fingerprint density at radius 3 is 2.45 bits per heavy atom. The molecule has 29 heavy (non-hydrogen) atoms. The number of pyridine rings is 1. The lowest BCUT2D eigenvalue weighted by Gasteiger charge is -2.34. The van der Waals surface area contributed by atoms with Crippen LogP contribution in [0.4, 0.5) is 17.3 Å². The molecular weight excluding hydrogens is 364 g/mol. The molecule has 1 saturated heterocycles. The average molecular weight is 393 g/mol. The van der Waals surface area contributed by atoms with Gasteiger partial charge in [-0.2, -0.15) is 4.98 Å². The van der Waals surface area contributed by atoms with Crippen molar-refractivity contribution in [3.05, 3.63) is 52.9 Å². The summed E-state index contributed by atoms with van der Waals surface area (Å²) < 4.78 is 1.73. The third-order valence-electron chi connectivity index (χ3n) is 5.26. The van der Waals surface area contributed by atoms with E-state index in [0.29, 0.717) is 24.1 Å². The smallest absolute Gasteiger partial charge is 0.252 e. The van der Waals surface area contributed by atoms with E-state index in [1.807, 2.05) is 12.1 Å². The maximum atomic E-state index is 12.3. The molecule has 1 aliphatic rings. The highest BCUT2D eigenvalue weighted by Gasteiger charge is 2.14. The normalized spacial score (nSPS) is 15.2.